The molecule has 1 aromatic carbocycles. The second-order valence-electron chi connectivity index (χ2n) is 8.53. The summed E-state index contributed by atoms with van der Waals surface area (Å²) in [6, 6.07) is 10.1. The molecule has 5 aromatic rings. The van der Waals surface area contributed by atoms with Gasteiger partial charge in [-0.05, 0) is 43.2 Å². The Balaban J connectivity index is 1.35. The molecule has 1 aliphatic heterocycles. The summed E-state index contributed by atoms with van der Waals surface area (Å²) < 4.78 is 13.6. The van der Waals surface area contributed by atoms with E-state index < -0.39 is 0 Å². The second kappa shape index (κ2) is 7.51. The Morgan fingerprint density at radius 2 is 1.97 bits per heavy atom. The number of amides is 1. The minimum absolute atomic E-state index is 0.132. The van der Waals surface area contributed by atoms with Crippen molar-refractivity contribution < 1.29 is 13.6 Å². The summed E-state index contributed by atoms with van der Waals surface area (Å²) in [5.74, 6) is 1.21. The molecule has 5 heterocycles. The number of nitrogen functional groups attached to an aromatic ring is 1. The summed E-state index contributed by atoms with van der Waals surface area (Å²) in [6.07, 6.45) is 9.13. The Hall–Kier alpha value is -4.07. The first-order chi connectivity index (χ1) is 16.1. The smallest absolute Gasteiger partial charge is 0.219 e. The number of carbonyl (C=O) groups excluding carboxylic acids is 1. The SMILES string of the molecule is CC(=O)N1CCC(n2cc(-c3cnc(N)c4oc(-c5ccc6occc6c5)cc34)cn2)CC1. The molecular formula is C25H23N5O3. The van der Waals surface area contributed by atoms with E-state index >= 15 is 0 Å². The Morgan fingerprint density at radius 3 is 2.79 bits per heavy atom. The van der Waals surface area contributed by atoms with E-state index in [9.17, 15) is 4.79 Å². The number of pyridine rings is 1. The van der Waals surface area contributed by atoms with Crippen LogP contribution in [-0.2, 0) is 4.79 Å². The van der Waals surface area contributed by atoms with Crippen LogP contribution in [0.15, 0.2) is 64.0 Å². The van der Waals surface area contributed by atoms with Gasteiger partial charge in [0.2, 0.25) is 5.91 Å². The van der Waals surface area contributed by atoms with E-state index in [-0.39, 0.29) is 11.9 Å². The predicted octanol–water partition coefficient (Wildman–Crippen LogP) is 4.87. The van der Waals surface area contributed by atoms with Gasteiger partial charge in [-0.15, -0.1) is 0 Å². The van der Waals surface area contributed by atoms with Crippen LogP contribution in [0, 0.1) is 0 Å². The number of furan rings is 2. The van der Waals surface area contributed by atoms with Gasteiger partial charge in [-0.2, -0.15) is 5.10 Å². The molecule has 0 bridgehead atoms. The largest absolute Gasteiger partial charge is 0.464 e. The third-order valence-electron chi connectivity index (χ3n) is 6.52. The minimum atomic E-state index is 0.132. The second-order valence-corrected chi connectivity index (χ2v) is 8.53. The number of hydrogen-bond acceptors (Lipinski definition) is 6. The lowest BCUT2D eigenvalue weighted by Gasteiger charge is -2.31. The van der Waals surface area contributed by atoms with Crippen LogP contribution in [0.5, 0.6) is 0 Å². The molecule has 1 saturated heterocycles. The quantitative estimate of drug-likeness (QED) is 0.428. The van der Waals surface area contributed by atoms with Gasteiger partial charge in [-0.1, -0.05) is 0 Å². The highest BCUT2D eigenvalue weighted by molar-refractivity contribution is 6.00. The van der Waals surface area contributed by atoms with E-state index in [2.05, 4.69) is 10.1 Å². The van der Waals surface area contributed by atoms with E-state index in [0.29, 0.717) is 11.4 Å². The number of fused-ring (bicyclic) bond motifs is 2. The van der Waals surface area contributed by atoms with Crippen molar-refractivity contribution in [2.75, 3.05) is 18.8 Å². The van der Waals surface area contributed by atoms with Gasteiger partial charge in [-0.25, -0.2) is 4.98 Å². The molecule has 6 rings (SSSR count). The molecule has 0 aliphatic carbocycles. The maximum Gasteiger partial charge on any atom is 0.219 e. The molecule has 0 unspecified atom stereocenters. The monoisotopic (exact) mass is 441 g/mol. The highest BCUT2D eigenvalue weighted by Gasteiger charge is 2.23. The summed E-state index contributed by atoms with van der Waals surface area (Å²) in [5, 5.41) is 6.53. The van der Waals surface area contributed by atoms with Gasteiger partial charge in [0.1, 0.15) is 11.3 Å². The first-order valence-corrected chi connectivity index (χ1v) is 11.0. The molecule has 1 amide bonds. The molecule has 0 atom stereocenters. The van der Waals surface area contributed by atoms with Crippen molar-refractivity contribution >= 4 is 33.7 Å². The summed E-state index contributed by atoms with van der Waals surface area (Å²) in [6.45, 7) is 3.14. The number of benzene rings is 1. The van der Waals surface area contributed by atoms with Crippen molar-refractivity contribution in [1.29, 1.82) is 0 Å². The van der Waals surface area contributed by atoms with E-state index in [1.807, 2.05) is 52.3 Å². The number of rotatable bonds is 3. The zero-order chi connectivity index (χ0) is 22.5. The highest BCUT2D eigenvalue weighted by Crippen LogP contribution is 2.37. The van der Waals surface area contributed by atoms with E-state index in [1.54, 1.807) is 19.4 Å². The van der Waals surface area contributed by atoms with Crippen molar-refractivity contribution in [3.05, 3.63) is 55.2 Å². The Bertz CT molecular complexity index is 1490. The van der Waals surface area contributed by atoms with Gasteiger partial charge in [0.05, 0.1) is 18.5 Å². The van der Waals surface area contributed by atoms with Crippen LogP contribution in [-0.4, -0.2) is 38.7 Å². The van der Waals surface area contributed by atoms with Crippen LogP contribution in [0.3, 0.4) is 0 Å². The molecule has 33 heavy (non-hydrogen) atoms. The zero-order valence-electron chi connectivity index (χ0n) is 18.2. The van der Waals surface area contributed by atoms with Crippen molar-refractivity contribution in [3.8, 4) is 22.5 Å². The number of hydrogen-bond donors (Lipinski definition) is 1. The van der Waals surface area contributed by atoms with Gasteiger partial charge in [-0.3, -0.25) is 9.48 Å². The first kappa shape index (κ1) is 19.6. The molecule has 8 nitrogen and oxygen atoms in total. The number of piperidine rings is 1. The van der Waals surface area contributed by atoms with E-state index in [1.165, 1.54) is 0 Å². The number of carbonyl (C=O) groups is 1. The predicted molar refractivity (Wildman–Crippen MR) is 125 cm³/mol. The van der Waals surface area contributed by atoms with Crippen molar-refractivity contribution in [3.63, 3.8) is 0 Å². The third-order valence-corrected chi connectivity index (χ3v) is 6.52. The summed E-state index contributed by atoms with van der Waals surface area (Å²) in [5.41, 5.74) is 10.4. The fraction of sp³-hybridized carbons (Fsp3) is 0.240. The number of anilines is 1. The van der Waals surface area contributed by atoms with Gasteiger partial charge < -0.3 is 19.5 Å². The van der Waals surface area contributed by atoms with Gasteiger partial charge in [0.25, 0.3) is 0 Å². The summed E-state index contributed by atoms with van der Waals surface area (Å²) >= 11 is 0. The topological polar surface area (TPSA) is 103 Å². The molecule has 2 N–H and O–H groups in total. The lowest BCUT2D eigenvalue weighted by molar-refractivity contribution is -0.130. The van der Waals surface area contributed by atoms with E-state index in [0.717, 1.165) is 64.7 Å². The summed E-state index contributed by atoms with van der Waals surface area (Å²) in [7, 11) is 0. The van der Waals surface area contributed by atoms with Gasteiger partial charge in [0, 0.05) is 59.9 Å². The van der Waals surface area contributed by atoms with Gasteiger partial charge in [0.15, 0.2) is 11.4 Å². The molecule has 166 valence electrons. The molecule has 4 aromatic heterocycles. The summed E-state index contributed by atoms with van der Waals surface area (Å²) in [4.78, 5) is 17.9. The Kier molecular flexibility index (Phi) is 4.46. The number of likely N-dealkylation sites (tertiary alicyclic amines) is 1. The number of aromatic nitrogens is 3. The molecule has 8 heteroatoms. The van der Waals surface area contributed by atoms with Crippen LogP contribution < -0.4 is 5.73 Å². The average molecular weight is 441 g/mol. The van der Waals surface area contributed by atoms with Crippen LogP contribution in [0.2, 0.25) is 0 Å². The Morgan fingerprint density at radius 1 is 1.12 bits per heavy atom. The van der Waals surface area contributed by atoms with Crippen LogP contribution >= 0.6 is 0 Å². The molecular weight excluding hydrogens is 418 g/mol. The van der Waals surface area contributed by atoms with E-state index in [4.69, 9.17) is 14.6 Å². The normalized spacial score (nSPS) is 15.0. The molecule has 0 saturated carbocycles. The Labute approximate surface area is 189 Å². The van der Waals surface area contributed by atoms with Gasteiger partial charge >= 0.3 is 0 Å². The molecule has 1 fully saturated rings. The van der Waals surface area contributed by atoms with Crippen molar-refractivity contribution in [2.24, 2.45) is 0 Å². The average Bonchev–Trinajstić information content (AvgIpc) is 3.58. The standard InChI is InChI=1S/C25H23N5O3/c1-15(31)29-7-4-19(5-8-29)30-14-18(12-28-30)21-13-27-25(26)24-20(21)11-23(33-24)16-2-3-22-17(10-16)6-9-32-22/h2-3,6,9-14,19H,4-5,7-8H2,1H3,(H2,26,27). The van der Waals surface area contributed by atoms with Crippen molar-refractivity contribution in [2.45, 2.75) is 25.8 Å². The minimum Gasteiger partial charge on any atom is -0.464 e. The molecule has 0 radical (unpaired) electrons. The zero-order valence-corrected chi connectivity index (χ0v) is 18.2. The fourth-order valence-electron chi connectivity index (χ4n) is 4.66. The maximum absolute atomic E-state index is 11.6. The van der Waals surface area contributed by atoms with Crippen LogP contribution in [0.4, 0.5) is 5.82 Å². The number of nitrogens with zero attached hydrogens (tertiary/aromatic N) is 4. The molecule has 1 aliphatic rings. The highest BCUT2D eigenvalue weighted by atomic mass is 16.3. The first-order valence-electron chi connectivity index (χ1n) is 11.0. The third kappa shape index (κ3) is 3.34. The lowest BCUT2D eigenvalue weighted by atomic mass is 10.0. The van der Waals surface area contributed by atoms with Crippen LogP contribution in [0.1, 0.15) is 25.8 Å². The maximum atomic E-state index is 11.6. The number of nitrogens with two attached hydrogens (primary N) is 1. The lowest BCUT2D eigenvalue weighted by Crippen LogP contribution is -2.37. The van der Waals surface area contributed by atoms with Crippen LogP contribution in [0.25, 0.3) is 44.4 Å². The molecule has 0 spiro atoms. The fourth-order valence-corrected chi connectivity index (χ4v) is 4.66. The van der Waals surface area contributed by atoms with Crippen molar-refractivity contribution in [1.82, 2.24) is 19.7 Å².